The van der Waals surface area contributed by atoms with Gasteiger partial charge in [-0.05, 0) is 6.92 Å². The number of nitrogen functional groups attached to an aromatic ring is 1. The Morgan fingerprint density at radius 1 is 1.33 bits per heavy atom. The lowest BCUT2D eigenvalue weighted by atomic mass is 10.3. The number of ether oxygens (including phenoxy) is 2. The second-order valence-corrected chi connectivity index (χ2v) is 4.23. The van der Waals surface area contributed by atoms with Gasteiger partial charge in [0.2, 0.25) is 5.95 Å². The van der Waals surface area contributed by atoms with E-state index in [2.05, 4.69) is 4.98 Å². The van der Waals surface area contributed by atoms with Gasteiger partial charge in [-0.3, -0.25) is 9.36 Å². The summed E-state index contributed by atoms with van der Waals surface area (Å²) in [5.74, 6) is -2.64. The van der Waals surface area contributed by atoms with Gasteiger partial charge in [0.1, 0.15) is 13.2 Å². The van der Waals surface area contributed by atoms with Crippen LogP contribution in [0.1, 0.15) is 6.92 Å². The molecule has 0 aliphatic heterocycles. The molecule has 1 aromatic heterocycles. The maximum Gasteiger partial charge on any atom is 0.326 e. The third-order valence-corrected chi connectivity index (χ3v) is 2.80. The predicted octanol–water partition coefficient (Wildman–Crippen LogP) is 1.48. The van der Waals surface area contributed by atoms with Crippen molar-refractivity contribution in [1.82, 2.24) is 9.55 Å². The second-order valence-electron chi connectivity index (χ2n) is 4.23. The van der Waals surface area contributed by atoms with Gasteiger partial charge >= 0.3 is 5.97 Å². The summed E-state index contributed by atoms with van der Waals surface area (Å²) < 4.78 is 37.6. The first-order chi connectivity index (χ1) is 10.0. The molecule has 0 aliphatic rings. The fourth-order valence-corrected chi connectivity index (χ4v) is 1.84. The molecule has 1 heterocycles. The van der Waals surface area contributed by atoms with Crippen LogP contribution in [-0.4, -0.2) is 35.3 Å². The lowest BCUT2D eigenvalue weighted by Gasteiger charge is -2.07. The SMILES string of the molecule is CCOCCOC(=O)Cn1c(N)nc2cc(F)c(F)cc21. The first kappa shape index (κ1) is 15.2. The van der Waals surface area contributed by atoms with Crippen molar-refractivity contribution >= 4 is 23.0 Å². The second kappa shape index (κ2) is 6.49. The number of anilines is 1. The van der Waals surface area contributed by atoms with Crippen LogP contribution in [-0.2, 0) is 20.8 Å². The minimum atomic E-state index is -1.03. The lowest BCUT2D eigenvalue weighted by molar-refractivity contribution is -0.145. The van der Waals surface area contributed by atoms with Gasteiger partial charge in [-0.2, -0.15) is 0 Å². The number of carbonyl (C=O) groups is 1. The number of hydrogen-bond donors (Lipinski definition) is 1. The fourth-order valence-electron chi connectivity index (χ4n) is 1.84. The number of esters is 1. The molecule has 21 heavy (non-hydrogen) atoms. The third-order valence-electron chi connectivity index (χ3n) is 2.80. The number of fused-ring (bicyclic) bond motifs is 1. The Bertz CT molecular complexity index is 658. The molecule has 2 rings (SSSR count). The molecule has 6 nitrogen and oxygen atoms in total. The highest BCUT2D eigenvalue weighted by atomic mass is 19.2. The minimum absolute atomic E-state index is 0.0169. The Morgan fingerprint density at radius 3 is 2.76 bits per heavy atom. The summed E-state index contributed by atoms with van der Waals surface area (Å²) in [6.07, 6.45) is 0. The average molecular weight is 299 g/mol. The van der Waals surface area contributed by atoms with Crippen molar-refractivity contribution in [1.29, 1.82) is 0 Å². The molecule has 0 bridgehead atoms. The predicted molar refractivity (Wildman–Crippen MR) is 71.5 cm³/mol. The third kappa shape index (κ3) is 3.46. The summed E-state index contributed by atoms with van der Waals surface area (Å²) in [5, 5.41) is 0. The summed E-state index contributed by atoms with van der Waals surface area (Å²) in [6.45, 7) is 2.53. The summed E-state index contributed by atoms with van der Waals surface area (Å²) in [4.78, 5) is 15.6. The van der Waals surface area contributed by atoms with Crippen molar-refractivity contribution in [2.45, 2.75) is 13.5 Å². The average Bonchev–Trinajstić information content (AvgIpc) is 2.72. The number of nitrogens with two attached hydrogens (primary N) is 1. The van der Waals surface area contributed by atoms with E-state index in [1.54, 1.807) is 0 Å². The quantitative estimate of drug-likeness (QED) is 0.645. The van der Waals surface area contributed by atoms with Crippen LogP contribution in [0.25, 0.3) is 11.0 Å². The summed E-state index contributed by atoms with van der Waals surface area (Å²) >= 11 is 0. The van der Waals surface area contributed by atoms with Crippen molar-refractivity contribution in [3.05, 3.63) is 23.8 Å². The maximum absolute atomic E-state index is 13.3. The van der Waals surface area contributed by atoms with Crippen molar-refractivity contribution in [3.8, 4) is 0 Å². The highest BCUT2D eigenvalue weighted by Gasteiger charge is 2.15. The van der Waals surface area contributed by atoms with Crippen LogP contribution in [0.2, 0.25) is 0 Å². The molecule has 0 saturated heterocycles. The van der Waals surface area contributed by atoms with E-state index in [0.29, 0.717) is 13.2 Å². The Labute approximate surface area is 119 Å². The van der Waals surface area contributed by atoms with Gasteiger partial charge in [0.15, 0.2) is 11.6 Å². The summed E-state index contributed by atoms with van der Waals surface area (Å²) in [5.41, 5.74) is 6.06. The van der Waals surface area contributed by atoms with E-state index >= 15 is 0 Å². The van der Waals surface area contributed by atoms with E-state index in [9.17, 15) is 13.6 Å². The van der Waals surface area contributed by atoms with Gasteiger partial charge in [0, 0.05) is 18.7 Å². The number of hydrogen-bond acceptors (Lipinski definition) is 5. The molecule has 2 aromatic rings. The van der Waals surface area contributed by atoms with E-state index in [1.807, 2.05) is 6.92 Å². The van der Waals surface area contributed by atoms with Gasteiger partial charge in [0.25, 0.3) is 0 Å². The summed E-state index contributed by atoms with van der Waals surface area (Å²) in [7, 11) is 0. The topological polar surface area (TPSA) is 79.4 Å². The molecule has 0 saturated carbocycles. The smallest absolute Gasteiger partial charge is 0.326 e. The van der Waals surface area contributed by atoms with Crippen LogP contribution in [0.15, 0.2) is 12.1 Å². The van der Waals surface area contributed by atoms with E-state index in [-0.39, 0.29) is 30.1 Å². The van der Waals surface area contributed by atoms with Crippen LogP contribution in [0.4, 0.5) is 14.7 Å². The molecule has 0 amide bonds. The number of imidazole rings is 1. The molecule has 114 valence electrons. The zero-order chi connectivity index (χ0) is 15.4. The van der Waals surface area contributed by atoms with Crippen LogP contribution in [0.3, 0.4) is 0 Å². The van der Waals surface area contributed by atoms with Crippen LogP contribution < -0.4 is 5.73 Å². The molecular weight excluding hydrogens is 284 g/mol. The fraction of sp³-hybridized carbons (Fsp3) is 0.385. The number of halogens is 2. The van der Waals surface area contributed by atoms with Crippen molar-refractivity contribution < 1.29 is 23.0 Å². The van der Waals surface area contributed by atoms with Crippen LogP contribution >= 0.6 is 0 Å². The number of rotatable bonds is 6. The number of carbonyl (C=O) groups excluding carboxylic acids is 1. The summed E-state index contributed by atoms with van der Waals surface area (Å²) in [6, 6.07) is 1.87. The van der Waals surface area contributed by atoms with Gasteiger partial charge in [-0.15, -0.1) is 0 Å². The Kier molecular flexibility index (Phi) is 4.69. The van der Waals surface area contributed by atoms with Gasteiger partial charge in [0.05, 0.1) is 17.6 Å². The molecule has 0 radical (unpaired) electrons. The molecule has 1 aromatic carbocycles. The molecule has 0 spiro atoms. The molecule has 8 heteroatoms. The van der Waals surface area contributed by atoms with Gasteiger partial charge in [-0.1, -0.05) is 0 Å². The van der Waals surface area contributed by atoms with E-state index in [4.69, 9.17) is 15.2 Å². The van der Waals surface area contributed by atoms with Gasteiger partial charge < -0.3 is 15.2 Å². The number of aromatic nitrogens is 2. The van der Waals surface area contributed by atoms with Gasteiger partial charge in [-0.25, -0.2) is 13.8 Å². The Hall–Kier alpha value is -2.22. The zero-order valence-electron chi connectivity index (χ0n) is 11.4. The van der Waals surface area contributed by atoms with Crippen molar-refractivity contribution in [3.63, 3.8) is 0 Å². The number of benzene rings is 1. The van der Waals surface area contributed by atoms with Crippen molar-refractivity contribution in [2.24, 2.45) is 0 Å². The van der Waals surface area contributed by atoms with Crippen LogP contribution in [0, 0.1) is 11.6 Å². The standard InChI is InChI=1S/C13H15F2N3O3/c1-2-20-3-4-21-12(19)7-18-11-6-9(15)8(14)5-10(11)17-13(18)16/h5-6H,2-4,7H2,1H3,(H2,16,17). The molecule has 2 N–H and O–H groups in total. The zero-order valence-corrected chi connectivity index (χ0v) is 11.4. The van der Waals surface area contributed by atoms with E-state index < -0.39 is 17.6 Å². The molecular formula is C13H15F2N3O3. The normalized spacial score (nSPS) is 11.0. The molecule has 0 unspecified atom stereocenters. The minimum Gasteiger partial charge on any atom is -0.462 e. The lowest BCUT2D eigenvalue weighted by Crippen LogP contribution is -2.17. The Balaban J connectivity index is 2.12. The first-order valence-corrected chi connectivity index (χ1v) is 6.37. The molecule has 0 fully saturated rings. The Morgan fingerprint density at radius 2 is 2.05 bits per heavy atom. The van der Waals surface area contributed by atoms with E-state index in [0.717, 1.165) is 12.1 Å². The van der Waals surface area contributed by atoms with E-state index in [1.165, 1.54) is 4.57 Å². The monoisotopic (exact) mass is 299 g/mol. The molecule has 0 atom stereocenters. The van der Waals surface area contributed by atoms with Crippen LogP contribution in [0.5, 0.6) is 0 Å². The van der Waals surface area contributed by atoms with Crippen molar-refractivity contribution in [2.75, 3.05) is 25.6 Å². The largest absolute Gasteiger partial charge is 0.462 e. The first-order valence-electron chi connectivity index (χ1n) is 6.37. The maximum atomic E-state index is 13.3. The molecule has 0 aliphatic carbocycles. The highest BCUT2D eigenvalue weighted by molar-refractivity contribution is 5.81. The highest BCUT2D eigenvalue weighted by Crippen LogP contribution is 2.21. The number of nitrogens with zero attached hydrogens (tertiary/aromatic N) is 2.